The third-order valence-corrected chi connectivity index (χ3v) is 5.58. The monoisotopic (exact) mass is 411 g/mol. The molecule has 2 aromatic heterocycles. The third-order valence-electron chi connectivity index (χ3n) is 5.58. The van der Waals surface area contributed by atoms with Gasteiger partial charge in [-0.05, 0) is 41.5 Å². The molecular formula is C24H21N5O2. The van der Waals surface area contributed by atoms with Gasteiger partial charge < -0.3 is 9.84 Å². The standard InChI is InChI=1S/C24H21N5O2/c25-13-20-22(18-3-1-2-16(12-18)15-29-8-10-31-11-9-29)21-14-26-28-24(21)27-23(20)17-4-6-19(30)7-5-17/h1-7,12,14,30H,8-11,15H2,(H,26,27,28). The van der Waals surface area contributed by atoms with Crippen molar-refractivity contribution < 1.29 is 9.84 Å². The van der Waals surface area contributed by atoms with Gasteiger partial charge in [-0.15, -0.1) is 0 Å². The number of nitrogens with one attached hydrogen (secondary N) is 1. The number of hydrogen-bond donors (Lipinski definition) is 2. The summed E-state index contributed by atoms with van der Waals surface area (Å²) >= 11 is 0. The summed E-state index contributed by atoms with van der Waals surface area (Å²) in [6.07, 6.45) is 1.72. The number of aromatic amines is 1. The van der Waals surface area contributed by atoms with Gasteiger partial charge in [0.1, 0.15) is 11.8 Å². The molecule has 1 aliphatic heterocycles. The number of pyridine rings is 1. The SMILES string of the molecule is N#Cc1c(-c2ccc(O)cc2)nc2[nH]ncc2c1-c1cccc(CN2CCOCC2)c1. The normalized spacial score (nSPS) is 14.5. The van der Waals surface area contributed by atoms with Crippen molar-refractivity contribution in [2.45, 2.75) is 6.54 Å². The molecule has 2 N–H and O–H groups in total. The molecular weight excluding hydrogens is 390 g/mol. The number of morpholine rings is 1. The quantitative estimate of drug-likeness (QED) is 0.531. The first kappa shape index (κ1) is 19.2. The highest BCUT2D eigenvalue weighted by Gasteiger charge is 2.20. The lowest BCUT2D eigenvalue weighted by Crippen LogP contribution is -2.35. The van der Waals surface area contributed by atoms with Gasteiger partial charge in [-0.3, -0.25) is 10.00 Å². The van der Waals surface area contributed by atoms with Crippen LogP contribution in [0.5, 0.6) is 5.75 Å². The molecule has 0 aliphatic carbocycles. The first-order valence-corrected chi connectivity index (χ1v) is 10.2. The van der Waals surface area contributed by atoms with E-state index in [1.807, 2.05) is 12.1 Å². The number of fused-ring (bicyclic) bond motifs is 1. The smallest absolute Gasteiger partial charge is 0.156 e. The number of H-pyrrole nitrogens is 1. The molecule has 4 aromatic rings. The second-order valence-corrected chi connectivity index (χ2v) is 7.59. The van der Waals surface area contributed by atoms with Crippen LogP contribution in [0.2, 0.25) is 0 Å². The Hall–Kier alpha value is -3.73. The van der Waals surface area contributed by atoms with Crippen LogP contribution in [0.3, 0.4) is 0 Å². The van der Waals surface area contributed by atoms with Crippen molar-refractivity contribution in [2.75, 3.05) is 26.3 Å². The van der Waals surface area contributed by atoms with Crippen LogP contribution in [0.4, 0.5) is 0 Å². The fraction of sp³-hybridized carbons (Fsp3) is 0.208. The molecule has 0 saturated carbocycles. The van der Waals surface area contributed by atoms with Crippen molar-refractivity contribution in [1.82, 2.24) is 20.1 Å². The Morgan fingerprint density at radius 3 is 2.68 bits per heavy atom. The number of ether oxygens (including phenoxy) is 1. The van der Waals surface area contributed by atoms with Crippen LogP contribution in [0, 0.1) is 11.3 Å². The fourth-order valence-corrected chi connectivity index (χ4v) is 4.05. The van der Waals surface area contributed by atoms with Gasteiger partial charge in [-0.25, -0.2) is 4.98 Å². The molecule has 0 radical (unpaired) electrons. The largest absolute Gasteiger partial charge is 0.508 e. The zero-order chi connectivity index (χ0) is 21.2. The molecule has 5 rings (SSSR count). The Morgan fingerprint density at radius 2 is 1.90 bits per heavy atom. The van der Waals surface area contributed by atoms with Crippen LogP contribution in [-0.4, -0.2) is 51.5 Å². The Kier molecular flexibility index (Phi) is 5.08. The molecule has 154 valence electrons. The van der Waals surface area contributed by atoms with E-state index >= 15 is 0 Å². The van der Waals surface area contributed by atoms with E-state index in [2.05, 4.69) is 38.3 Å². The van der Waals surface area contributed by atoms with E-state index in [9.17, 15) is 10.4 Å². The Morgan fingerprint density at radius 1 is 1.10 bits per heavy atom. The summed E-state index contributed by atoms with van der Waals surface area (Å²) in [4.78, 5) is 7.03. The van der Waals surface area contributed by atoms with Crippen molar-refractivity contribution >= 4 is 11.0 Å². The first-order chi connectivity index (χ1) is 15.2. The number of phenolic OH excluding ortho intramolecular Hbond substituents is 1. The number of benzene rings is 2. The van der Waals surface area contributed by atoms with Crippen LogP contribution < -0.4 is 0 Å². The zero-order valence-corrected chi connectivity index (χ0v) is 16.9. The molecule has 2 aromatic carbocycles. The predicted molar refractivity (Wildman–Crippen MR) is 117 cm³/mol. The maximum atomic E-state index is 10.1. The van der Waals surface area contributed by atoms with Gasteiger partial charge in [0.2, 0.25) is 0 Å². The number of phenols is 1. The minimum Gasteiger partial charge on any atom is -0.508 e. The molecule has 0 atom stereocenters. The van der Waals surface area contributed by atoms with Crippen molar-refractivity contribution in [3.63, 3.8) is 0 Å². The highest BCUT2D eigenvalue weighted by Crippen LogP contribution is 2.36. The summed E-state index contributed by atoms with van der Waals surface area (Å²) in [5.41, 5.74) is 5.38. The van der Waals surface area contributed by atoms with Gasteiger partial charge in [0.15, 0.2) is 5.65 Å². The van der Waals surface area contributed by atoms with Gasteiger partial charge >= 0.3 is 0 Å². The fourth-order valence-electron chi connectivity index (χ4n) is 4.05. The third kappa shape index (κ3) is 3.75. The Bertz CT molecular complexity index is 1270. The molecule has 1 fully saturated rings. The van der Waals surface area contributed by atoms with Crippen molar-refractivity contribution in [1.29, 1.82) is 5.26 Å². The van der Waals surface area contributed by atoms with E-state index in [0.717, 1.165) is 54.9 Å². The van der Waals surface area contributed by atoms with Crippen LogP contribution in [0.1, 0.15) is 11.1 Å². The summed E-state index contributed by atoms with van der Waals surface area (Å²) in [5.74, 6) is 0.168. The van der Waals surface area contributed by atoms with Gasteiger partial charge in [0.05, 0.1) is 30.7 Å². The van der Waals surface area contributed by atoms with Crippen molar-refractivity contribution in [3.8, 4) is 34.2 Å². The topological polar surface area (TPSA) is 98.1 Å². The molecule has 7 nitrogen and oxygen atoms in total. The van der Waals surface area contributed by atoms with Gasteiger partial charge in [0, 0.05) is 36.1 Å². The van der Waals surface area contributed by atoms with Crippen LogP contribution >= 0.6 is 0 Å². The minimum absolute atomic E-state index is 0.168. The molecule has 7 heteroatoms. The number of nitriles is 1. The summed E-state index contributed by atoms with van der Waals surface area (Å²) in [7, 11) is 0. The maximum Gasteiger partial charge on any atom is 0.156 e. The molecule has 1 aliphatic rings. The molecule has 0 amide bonds. The van der Waals surface area contributed by atoms with E-state index < -0.39 is 0 Å². The highest BCUT2D eigenvalue weighted by atomic mass is 16.5. The van der Waals surface area contributed by atoms with Gasteiger partial charge in [-0.2, -0.15) is 10.4 Å². The zero-order valence-electron chi connectivity index (χ0n) is 16.9. The van der Waals surface area contributed by atoms with Crippen LogP contribution in [-0.2, 0) is 11.3 Å². The molecule has 31 heavy (non-hydrogen) atoms. The number of aromatic hydroxyl groups is 1. The summed E-state index contributed by atoms with van der Waals surface area (Å²) in [5, 5.41) is 27.7. The number of hydrogen-bond acceptors (Lipinski definition) is 6. The number of rotatable bonds is 4. The summed E-state index contributed by atoms with van der Waals surface area (Å²) in [6.45, 7) is 4.19. The average molecular weight is 411 g/mol. The lowest BCUT2D eigenvalue weighted by Gasteiger charge is -2.26. The van der Waals surface area contributed by atoms with Crippen molar-refractivity contribution in [2.24, 2.45) is 0 Å². The van der Waals surface area contributed by atoms with Crippen molar-refractivity contribution in [3.05, 3.63) is 65.9 Å². The summed E-state index contributed by atoms with van der Waals surface area (Å²) < 4.78 is 5.45. The second kappa shape index (κ2) is 8.19. The van der Waals surface area contributed by atoms with E-state index in [1.54, 1.807) is 30.5 Å². The highest BCUT2D eigenvalue weighted by molar-refractivity contribution is 5.99. The van der Waals surface area contributed by atoms with E-state index in [4.69, 9.17) is 4.74 Å². The molecule has 0 bridgehead atoms. The lowest BCUT2D eigenvalue weighted by atomic mass is 9.93. The molecule has 0 unspecified atom stereocenters. The molecule has 1 saturated heterocycles. The van der Waals surface area contributed by atoms with E-state index in [-0.39, 0.29) is 5.75 Å². The summed E-state index contributed by atoms with van der Waals surface area (Å²) in [6, 6.07) is 17.4. The Balaban J connectivity index is 1.64. The van der Waals surface area contributed by atoms with Gasteiger partial charge in [0.25, 0.3) is 0 Å². The molecule has 3 heterocycles. The number of aromatic nitrogens is 3. The Labute approximate surface area is 179 Å². The van der Waals surface area contributed by atoms with Crippen LogP contribution in [0.15, 0.2) is 54.7 Å². The van der Waals surface area contributed by atoms with E-state index in [0.29, 0.717) is 16.9 Å². The maximum absolute atomic E-state index is 10.1. The van der Waals surface area contributed by atoms with E-state index in [1.165, 1.54) is 5.56 Å². The minimum atomic E-state index is 0.168. The average Bonchev–Trinajstić information content (AvgIpc) is 3.27. The van der Waals surface area contributed by atoms with Crippen LogP contribution in [0.25, 0.3) is 33.4 Å². The predicted octanol–water partition coefficient (Wildman–Crippen LogP) is 3.70. The molecule has 0 spiro atoms. The second-order valence-electron chi connectivity index (χ2n) is 7.59. The first-order valence-electron chi connectivity index (χ1n) is 10.2. The van der Waals surface area contributed by atoms with Gasteiger partial charge in [-0.1, -0.05) is 18.2 Å². The lowest BCUT2D eigenvalue weighted by molar-refractivity contribution is 0.0342. The number of nitrogens with zero attached hydrogens (tertiary/aromatic N) is 4.